The average molecular weight is 390 g/mol. The van der Waals surface area contributed by atoms with Gasteiger partial charge in [-0.1, -0.05) is 40.5 Å². The Morgan fingerprint density at radius 1 is 1.20 bits per heavy atom. The quantitative estimate of drug-likeness (QED) is 0.798. The lowest BCUT2D eigenvalue weighted by Gasteiger charge is -2.13. The van der Waals surface area contributed by atoms with Crippen LogP contribution in [0.1, 0.15) is 17.5 Å². The zero-order valence-corrected chi connectivity index (χ0v) is 14.2. The van der Waals surface area contributed by atoms with Crippen LogP contribution in [0.25, 0.3) is 0 Å². The number of nitrogens with one attached hydrogen (secondary N) is 1. The highest BCUT2D eigenvalue weighted by Crippen LogP contribution is 2.32. The molecule has 0 saturated heterocycles. The van der Waals surface area contributed by atoms with E-state index < -0.39 is 11.7 Å². The summed E-state index contributed by atoms with van der Waals surface area (Å²) in [7, 11) is 0. The molecule has 0 amide bonds. The van der Waals surface area contributed by atoms with Crippen molar-refractivity contribution >= 4 is 34.7 Å². The molecule has 0 spiro atoms. The number of benzene rings is 1. The number of aromatic nitrogens is 1. The third-order valence-electron chi connectivity index (χ3n) is 3.58. The standard InChI is InChI=1S/C16H12Cl2F3N3O/c17-11-3-1-9(2-4-11)14-6-12(25-24-14)8-23-15-13(18)5-10(7-22-15)16(19,20)21/h1-5,7,12H,6,8H2,(H,22,23). The van der Waals surface area contributed by atoms with Gasteiger partial charge in [-0.2, -0.15) is 13.2 Å². The Morgan fingerprint density at radius 3 is 2.56 bits per heavy atom. The van der Waals surface area contributed by atoms with Crippen molar-refractivity contribution in [3.8, 4) is 0 Å². The van der Waals surface area contributed by atoms with Gasteiger partial charge < -0.3 is 10.2 Å². The van der Waals surface area contributed by atoms with Crippen LogP contribution >= 0.6 is 23.2 Å². The van der Waals surface area contributed by atoms with Gasteiger partial charge in [-0.15, -0.1) is 0 Å². The minimum Gasteiger partial charge on any atom is -0.390 e. The summed E-state index contributed by atoms with van der Waals surface area (Å²) in [6.45, 7) is 0.304. The predicted octanol–water partition coefficient (Wildman–Crippen LogP) is 5.01. The van der Waals surface area contributed by atoms with Crippen molar-refractivity contribution in [1.29, 1.82) is 0 Å². The van der Waals surface area contributed by atoms with Crippen LogP contribution in [0.5, 0.6) is 0 Å². The van der Waals surface area contributed by atoms with Crippen LogP contribution in [0.15, 0.2) is 41.7 Å². The van der Waals surface area contributed by atoms with E-state index in [1.54, 1.807) is 12.1 Å². The molecular weight excluding hydrogens is 378 g/mol. The lowest BCUT2D eigenvalue weighted by atomic mass is 10.1. The second kappa shape index (κ2) is 7.09. The summed E-state index contributed by atoms with van der Waals surface area (Å²) in [6.07, 6.45) is -3.47. The molecule has 1 aromatic heterocycles. The minimum atomic E-state index is -4.48. The molecule has 2 heterocycles. The summed E-state index contributed by atoms with van der Waals surface area (Å²) in [5.74, 6) is 0.165. The molecule has 1 atom stereocenters. The fourth-order valence-electron chi connectivity index (χ4n) is 2.28. The van der Waals surface area contributed by atoms with Crippen LogP contribution < -0.4 is 5.32 Å². The molecule has 1 unspecified atom stereocenters. The zero-order valence-electron chi connectivity index (χ0n) is 12.6. The molecule has 25 heavy (non-hydrogen) atoms. The smallest absolute Gasteiger partial charge is 0.390 e. The summed E-state index contributed by atoms with van der Waals surface area (Å²) in [4.78, 5) is 9.05. The molecule has 1 N–H and O–H groups in total. The number of oxime groups is 1. The molecule has 9 heteroatoms. The molecule has 1 aromatic carbocycles. The molecule has 4 nitrogen and oxygen atoms in total. The maximum atomic E-state index is 12.6. The zero-order chi connectivity index (χ0) is 18.0. The van der Waals surface area contributed by atoms with Gasteiger partial charge in [0.05, 0.1) is 22.8 Å². The van der Waals surface area contributed by atoms with E-state index in [0.717, 1.165) is 23.5 Å². The van der Waals surface area contributed by atoms with Gasteiger partial charge in [0.25, 0.3) is 0 Å². The molecule has 1 aliphatic heterocycles. The number of anilines is 1. The molecular formula is C16H12Cl2F3N3O. The maximum Gasteiger partial charge on any atom is 0.417 e. The third-order valence-corrected chi connectivity index (χ3v) is 4.12. The maximum absolute atomic E-state index is 12.6. The van der Waals surface area contributed by atoms with Crippen molar-refractivity contribution < 1.29 is 18.0 Å². The van der Waals surface area contributed by atoms with Gasteiger partial charge in [-0.3, -0.25) is 0 Å². The van der Waals surface area contributed by atoms with E-state index in [9.17, 15) is 13.2 Å². The number of pyridine rings is 1. The predicted molar refractivity (Wildman–Crippen MR) is 90.2 cm³/mol. The van der Waals surface area contributed by atoms with Gasteiger partial charge in [0, 0.05) is 17.6 Å². The Hall–Kier alpha value is -1.99. The Bertz CT molecular complexity index is 794. The summed E-state index contributed by atoms with van der Waals surface area (Å²) in [6, 6.07) is 8.04. The van der Waals surface area contributed by atoms with E-state index in [4.69, 9.17) is 28.0 Å². The Morgan fingerprint density at radius 2 is 1.92 bits per heavy atom. The van der Waals surface area contributed by atoms with E-state index in [-0.39, 0.29) is 16.9 Å². The molecule has 3 rings (SSSR count). The monoisotopic (exact) mass is 389 g/mol. The van der Waals surface area contributed by atoms with Gasteiger partial charge in [0.15, 0.2) is 0 Å². The van der Waals surface area contributed by atoms with E-state index in [1.807, 2.05) is 12.1 Å². The minimum absolute atomic E-state index is 0.105. The molecule has 2 aromatic rings. The van der Waals surface area contributed by atoms with Gasteiger partial charge >= 0.3 is 6.18 Å². The summed E-state index contributed by atoms with van der Waals surface area (Å²) in [5.41, 5.74) is 0.779. The first-order chi connectivity index (χ1) is 11.8. The number of nitrogens with zero attached hydrogens (tertiary/aromatic N) is 2. The molecule has 0 saturated carbocycles. The van der Waals surface area contributed by atoms with Crippen molar-refractivity contribution in [2.75, 3.05) is 11.9 Å². The number of hydrogen-bond acceptors (Lipinski definition) is 4. The van der Waals surface area contributed by atoms with Crippen molar-refractivity contribution in [3.63, 3.8) is 0 Å². The Labute approximate surface area is 151 Å². The summed E-state index contributed by atoms with van der Waals surface area (Å²) < 4.78 is 37.8. The fourth-order valence-corrected chi connectivity index (χ4v) is 2.64. The Balaban J connectivity index is 1.58. The topological polar surface area (TPSA) is 46.5 Å². The van der Waals surface area contributed by atoms with Crippen LogP contribution in [0, 0.1) is 0 Å². The summed E-state index contributed by atoms with van der Waals surface area (Å²) >= 11 is 11.7. The van der Waals surface area contributed by atoms with E-state index in [1.165, 1.54) is 0 Å². The first kappa shape index (κ1) is 17.8. The van der Waals surface area contributed by atoms with Crippen molar-refractivity contribution in [2.45, 2.75) is 18.7 Å². The van der Waals surface area contributed by atoms with Crippen molar-refractivity contribution in [3.05, 3.63) is 57.7 Å². The molecule has 0 bridgehead atoms. The highest BCUT2D eigenvalue weighted by atomic mass is 35.5. The molecule has 0 aliphatic carbocycles. The van der Waals surface area contributed by atoms with E-state index in [0.29, 0.717) is 18.0 Å². The second-order valence-electron chi connectivity index (χ2n) is 5.41. The number of halogens is 5. The molecule has 1 aliphatic rings. The largest absolute Gasteiger partial charge is 0.417 e. The normalized spacial score (nSPS) is 17.2. The molecule has 132 valence electrons. The van der Waals surface area contributed by atoms with E-state index in [2.05, 4.69) is 15.5 Å². The molecule has 0 radical (unpaired) electrons. The molecule has 0 fully saturated rings. The van der Waals surface area contributed by atoms with Gasteiger partial charge in [0.1, 0.15) is 11.9 Å². The van der Waals surface area contributed by atoms with Gasteiger partial charge in [-0.25, -0.2) is 4.98 Å². The van der Waals surface area contributed by atoms with Crippen LogP contribution in [-0.4, -0.2) is 23.3 Å². The number of rotatable bonds is 4. The second-order valence-corrected chi connectivity index (χ2v) is 6.25. The van der Waals surface area contributed by atoms with Gasteiger partial charge in [0.2, 0.25) is 0 Å². The van der Waals surface area contributed by atoms with Crippen LogP contribution in [0.2, 0.25) is 10.0 Å². The number of hydrogen-bond donors (Lipinski definition) is 1. The fraction of sp³-hybridized carbons (Fsp3) is 0.250. The van der Waals surface area contributed by atoms with E-state index >= 15 is 0 Å². The van der Waals surface area contributed by atoms with Crippen LogP contribution in [-0.2, 0) is 11.0 Å². The number of alkyl halides is 3. The SMILES string of the molecule is FC(F)(F)c1cnc(NCC2CC(c3ccc(Cl)cc3)=NO2)c(Cl)c1. The van der Waals surface area contributed by atoms with Crippen molar-refractivity contribution in [2.24, 2.45) is 5.16 Å². The highest BCUT2D eigenvalue weighted by Gasteiger charge is 2.31. The first-order valence-electron chi connectivity index (χ1n) is 7.28. The summed E-state index contributed by atoms with van der Waals surface area (Å²) in [5, 5.41) is 7.44. The van der Waals surface area contributed by atoms with Crippen LogP contribution in [0.4, 0.5) is 19.0 Å². The Kier molecular flexibility index (Phi) is 5.06. The lowest BCUT2D eigenvalue weighted by molar-refractivity contribution is -0.137. The van der Waals surface area contributed by atoms with Gasteiger partial charge in [-0.05, 0) is 23.8 Å². The highest BCUT2D eigenvalue weighted by molar-refractivity contribution is 6.33. The third kappa shape index (κ3) is 4.35. The van der Waals surface area contributed by atoms with Crippen molar-refractivity contribution in [1.82, 2.24) is 4.98 Å². The average Bonchev–Trinajstić information content (AvgIpc) is 3.02. The lowest BCUT2D eigenvalue weighted by Crippen LogP contribution is -2.21. The van der Waals surface area contributed by atoms with Crippen LogP contribution in [0.3, 0.4) is 0 Å². The first-order valence-corrected chi connectivity index (χ1v) is 8.04.